The smallest absolute Gasteiger partial charge is 0.326 e. The van der Waals surface area contributed by atoms with Crippen LogP contribution < -0.4 is 21.3 Å². The molecule has 232 valence electrons. The average Bonchev–Trinajstić information content (AvgIpc) is 2.98. The lowest BCUT2D eigenvalue weighted by atomic mass is 9.89. The summed E-state index contributed by atoms with van der Waals surface area (Å²) < 4.78 is 1.09. The minimum absolute atomic E-state index is 0.0381. The molecule has 1 fully saturated rings. The SMILES string of the molecule is O=C(Nc1c(Br)cc(Br)cc1C(=O)NCC1CCCCC1)NC(Cc1ccc(NC(=O)c2c(Cl)cccc2Cl)cc1)C(=O)O. The number of carbonyl (C=O) groups is 4. The molecule has 44 heavy (non-hydrogen) atoms. The van der Waals surface area contributed by atoms with Gasteiger partial charge in [0.15, 0.2) is 0 Å². The van der Waals surface area contributed by atoms with Gasteiger partial charge in [0.05, 0.1) is 26.9 Å². The molecule has 0 saturated heterocycles. The lowest BCUT2D eigenvalue weighted by molar-refractivity contribution is -0.139. The van der Waals surface area contributed by atoms with Gasteiger partial charge in [-0.2, -0.15) is 0 Å². The minimum atomic E-state index is -1.28. The van der Waals surface area contributed by atoms with E-state index in [-0.39, 0.29) is 39.2 Å². The Morgan fingerprint density at radius 1 is 0.886 bits per heavy atom. The minimum Gasteiger partial charge on any atom is -0.480 e. The highest BCUT2D eigenvalue weighted by atomic mass is 79.9. The van der Waals surface area contributed by atoms with Crippen molar-refractivity contribution in [3.8, 4) is 0 Å². The molecule has 1 aliphatic rings. The van der Waals surface area contributed by atoms with Gasteiger partial charge in [0.1, 0.15) is 6.04 Å². The third-order valence-electron chi connectivity index (χ3n) is 7.26. The largest absolute Gasteiger partial charge is 0.480 e. The lowest BCUT2D eigenvalue weighted by Gasteiger charge is -2.22. The van der Waals surface area contributed by atoms with Crippen LogP contribution in [0.15, 0.2) is 63.5 Å². The molecular formula is C31H30Br2Cl2N4O5. The molecule has 0 aromatic heterocycles. The Hall–Kier alpha value is -3.12. The normalized spacial score (nSPS) is 13.9. The maximum Gasteiger partial charge on any atom is 0.326 e. The van der Waals surface area contributed by atoms with E-state index in [2.05, 4.69) is 53.1 Å². The molecule has 3 aromatic carbocycles. The van der Waals surface area contributed by atoms with E-state index in [9.17, 15) is 24.3 Å². The van der Waals surface area contributed by atoms with Crippen LogP contribution in [-0.2, 0) is 11.2 Å². The zero-order chi connectivity index (χ0) is 31.8. The first kappa shape index (κ1) is 33.8. The Morgan fingerprint density at radius 3 is 2.18 bits per heavy atom. The van der Waals surface area contributed by atoms with Crippen LogP contribution in [0.25, 0.3) is 0 Å². The number of urea groups is 1. The zero-order valence-corrected chi connectivity index (χ0v) is 28.1. The first-order chi connectivity index (χ1) is 21.0. The Labute approximate surface area is 281 Å². The van der Waals surface area contributed by atoms with Gasteiger partial charge in [0.25, 0.3) is 11.8 Å². The predicted octanol–water partition coefficient (Wildman–Crippen LogP) is 7.90. The summed E-state index contributed by atoms with van der Waals surface area (Å²) >= 11 is 19.0. The first-order valence-electron chi connectivity index (χ1n) is 13.9. The summed E-state index contributed by atoms with van der Waals surface area (Å²) in [5.41, 5.74) is 1.64. The number of aliphatic carboxylic acids is 1. The number of halogens is 4. The molecule has 0 heterocycles. The molecule has 0 radical (unpaired) electrons. The number of amides is 4. The van der Waals surface area contributed by atoms with Crippen LogP contribution in [0.2, 0.25) is 10.0 Å². The van der Waals surface area contributed by atoms with Gasteiger partial charge in [-0.1, -0.05) is 76.6 Å². The number of benzene rings is 3. The number of hydrogen-bond acceptors (Lipinski definition) is 4. The van der Waals surface area contributed by atoms with Crippen LogP contribution in [0, 0.1) is 5.92 Å². The second-order valence-corrected chi connectivity index (χ2v) is 13.0. The molecule has 0 bridgehead atoms. The summed E-state index contributed by atoms with van der Waals surface area (Å²) in [6.45, 7) is 0.548. The fourth-order valence-corrected chi connectivity index (χ4v) is 6.87. The number of carboxylic acids is 1. The lowest BCUT2D eigenvalue weighted by Crippen LogP contribution is -2.44. The van der Waals surface area contributed by atoms with Crippen LogP contribution in [0.4, 0.5) is 16.2 Å². The van der Waals surface area contributed by atoms with Crippen molar-refractivity contribution in [2.75, 3.05) is 17.2 Å². The van der Waals surface area contributed by atoms with Crippen molar-refractivity contribution in [3.05, 3.63) is 90.3 Å². The van der Waals surface area contributed by atoms with E-state index in [1.54, 1.807) is 54.6 Å². The number of hydrogen-bond donors (Lipinski definition) is 5. The highest BCUT2D eigenvalue weighted by Crippen LogP contribution is 2.31. The van der Waals surface area contributed by atoms with Gasteiger partial charge in [0.2, 0.25) is 0 Å². The Morgan fingerprint density at radius 2 is 1.55 bits per heavy atom. The molecule has 13 heteroatoms. The third kappa shape index (κ3) is 9.20. The molecule has 0 spiro atoms. The molecule has 1 atom stereocenters. The predicted molar refractivity (Wildman–Crippen MR) is 179 cm³/mol. The van der Waals surface area contributed by atoms with E-state index in [0.717, 1.165) is 25.7 Å². The van der Waals surface area contributed by atoms with Gasteiger partial charge in [-0.25, -0.2) is 9.59 Å². The van der Waals surface area contributed by atoms with Crippen molar-refractivity contribution in [2.24, 2.45) is 5.92 Å². The van der Waals surface area contributed by atoms with Gasteiger partial charge >= 0.3 is 12.0 Å². The molecule has 9 nitrogen and oxygen atoms in total. The number of anilines is 2. The van der Waals surface area contributed by atoms with Gasteiger partial charge < -0.3 is 26.4 Å². The Kier molecular flexibility index (Phi) is 12.1. The van der Waals surface area contributed by atoms with Crippen molar-refractivity contribution in [3.63, 3.8) is 0 Å². The van der Waals surface area contributed by atoms with Crippen LogP contribution in [0.3, 0.4) is 0 Å². The van der Waals surface area contributed by atoms with Gasteiger partial charge in [0, 0.05) is 27.6 Å². The van der Waals surface area contributed by atoms with E-state index in [1.165, 1.54) is 6.42 Å². The zero-order valence-electron chi connectivity index (χ0n) is 23.4. The molecule has 1 unspecified atom stereocenters. The summed E-state index contributed by atoms with van der Waals surface area (Å²) in [4.78, 5) is 50.8. The Bertz CT molecular complexity index is 1530. The molecular weight excluding hydrogens is 739 g/mol. The van der Waals surface area contributed by atoms with Crippen molar-refractivity contribution in [2.45, 2.75) is 44.6 Å². The number of rotatable bonds is 10. The second-order valence-electron chi connectivity index (χ2n) is 10.5. The third-order valence-corrected chi connectivity index (χ3v) is 8.97. The standard InChI is InChI=1S/C31H30Br2Cl2N4O5/c32-19-14-21(28(40)36-16-18-5-2-1-3-6-18)27(22(33)15-19)39-31(44)38-25(30(42)43)13-17-9-11-20(12-10-17)37-29(41)26-23(34)7-4-8-24(26)35/h4,7-12,14-15,18,25H,1-3,5-6,13,16H2,(H,36,40)(H,37,41)(H,42,43)(H2,38,39,44). The Balaban J connectivity index is 1.39. The van der Waals surface area contributed by atoms with Crippen LogP contribution in [0.5, 0.6) is 0 Å². The van der Waals surface area contributed by atoms with Gasteiger partial charge in [-0.05, 0) is 76.7 Å². The van der Waals surface area contributed by atoms with E-state index in [1.807, 2.05) is 0 Å². The summed E-state index contributed by atoms with van der Waals surface area (Å²) in [5, 5.41) is 21.0. The summed E-state index contributed by atoms with van der Waals surface area (Å²) in [6.07, 6.45) is 5.63. The molecule has 1 saturated carbocycles. The second kappa shape index (κ2) is 15.7. The fraction of sp³-hybridized carbons (Fsp3) is 0.290. The van der Waals surface area contributed by atoms with E-state index >= 15 is 0 Å². The molecule has 4 rings (SSSR count). The number of nitrogens with one attached hydrogen (secondary N) is 4. The molecule has 4 amide bonds. The summed E-state index contributed by atoms with van der Waals surface area (Å²) in [7, 11) is 0. The summed E-state index contributed by atoms with van der Waals surface area (Å²) in [5.74, 6) is -1.65. The number of carboxylic acid groups (broad SMARTS) is 1. The monoisotopic (exact) mass is 766 g/mol. The van der Waals surface area contributed by atoms with Gasteiger partial charge in [-0.3, -0.25) is 9.59 Å². The molecule has 0 aliphatic heterocycles. The molecule has 5 N–H and O–H groups in total. The van der Waals surface area contributed by atoms with Crippen LogP contribution in [0.1, 0.15) is 58.4 Å². The van der Waals surface area contributed by atoms with Crippen LogP contribution in [-0.4, -0.2) is 41.5 Å². The first-order valence-corrected chi connectivity index (χ1v) is 16.3. The summed E-state index contributed by atoms with van der Waals surface area (Å²) in [6, 6.07) is 12.5. The quantitative estimate of drug-likeness (QED) is 0.143. The van der Waals surface area contributed by atoms with Crippen molar-refractivity contribution < 1.29 is 24.3 Å². The van der Waals surface area contributed by atoms with E-state index in [4.69, 9.17) is 23.2 Å². The van der Waals surface area contributed by atoms with Crippen LogP contribution >= 0.6 is 55.1 Å². The maximum atomic E-state index is 13.1. The average molecular weight is 769 g/mol. The molecule has 1 aliphatic carbocycles. The van der Waals surface area contributed by atoms with Crippen molar-refractivity contribution in [1.82, 2.24) is 10.6 Å². The number of carbonyl (C=O) groups excluding carboxylic acids is 3. The van der Waals surface area contributed by atoms with E-state index < -0.39 is 23.9 Å². The fourth-order valence-electron chi connectivity index (χ4n) is 4.98. The topological polar surface area (TPSA) is 137 Å². The van der Waals surface area contributed by atoms with E-state index in [0.29, 0.717) is 32.7 Å². The van der Waals surface area contributed by atoms with Crippen molar-refractivity contribution in [1.29, 1.82) is 0 Å². The highest BCUT2D eigenvalue weighted by molar-refractivity contribution is 9.11. The van der Waals surface area contributed by atoms with Crippen molar-refractivity contribution >= 4 is 90.3 Å². The molecule has 3 aromatic rings. The maximum absolute atomic E-state index is 13.1. The van der Waals surface area contributed by atoms with Gasteiger partial charge in [-0.15, -0.1) is 0 Å². The highest BCUT2D eigenvalue weighted by Gasteiger charge is 2.24.